The van der Waals surface area contributed by atoms with E-state index >= 15 is 0 Å². The SMILES string of the molecule is CCOc1cc(C(=O)N/N=C/c2cc(I)c(OCc3ccc(C)cc3)c(OCC)c2)ccc1OCc1ccccc1. The highest BCUT2D eigenvalue weighted by Gasteiger charge is 2.14. The number of carbonyl (C=O) groups excluding carboxylic acids is 1. The monoisotopic (exact) mass is 664 g/mol. The summed E-state index contributed by atoms with van der Waals surface area (Å²) in [5, 5.41) is 4.17. The minimum absolute atomic E-state index is 0.366. The average molecular weight is 665 g/mol. The lowest BCUT2D eigenvalue weighted by atomic mass is 10.1. The Labute approximate surface area is 254 Å². The number of nitrogens with zero attached hydrogens (tertiary/aromatic N) is 1. The molecule has 1 N–H and O–H groups in total. The predicted octanol–water partition coefficient (Wildman–Crippen LogP) is 7.32. The Morgan fingerprint density at radius 1 is 0.780 bits per heavy atom. The van der Waals surface area contributed by atoms with Gasteiger partial charge in [-0.1, -0.05) is 60.2 Å². The number of hydrogen-bond donors (Lipinski definition) is 1. The summed E-state index contributed by atoms with van der Waals surface area (Å²) in [6.07, 6.45) is 1.58. The van der Waals surface area contributed by atoms with Crippen LogP contribution < -0.4 is 24.4 Å². The average Bonchev–Trinajstić information content (AvgIpc) is 2.98. The van der Waals surface area contributed by atoms with Crippen LogP contribution in [0.4, 0.5) is 0 Å². The van der Waals surface area contributed by atoms with E-state index in [-0.39, 0.29) is 5.91 Å². The van der Waals surface area contributed by atoms with Crippen molar-refractivity contribution in [2.75, 3.05) is 13.2 Å². The molecule has 7 nitrogen and oxygen atoms in total. The molecule has 0 saturated carbocycles. The fourth-order valence-electron chi connectivity index (χ4n) is 3.91. The zero-order valence-corrected chi connectivity index (χ0v) is 25.5. The summed E-state index contributed by atoms with van der Waals surface area (Å²) in [4.78, 5) is 12.8. The quantitative estimate of drug-likeness (QED) is 0.0921. The standard InChI is InChI=1S/C33H33IN2O5/c1-4-38-30-19-27(15-16-29(30)40-21-24-9-7-6-8-10-24)33(37)36-35-20-26-17-28(34)32(31(18-26)39-5-2)41-22-25-13-11-23(3)12-14-25/h6-20H,4-5,21-22H2,1-3H3,(H,36,37)/b35-20+. The maximum atomic E-state index is 12.8. The molecule has 4 aromatic rings. The molecule has 0 aliphatic heterocycles. The first-order valence-electron chi connectivity index (χ1n) is 13.4. The van der Waals surface area contributed by atoms with Crippen LogP contribution in [0.15, 0.2) is 90.0 Å². The second kappa shape index (κ2) is 15.1. The number of rotatable bonds is 13. The normalized spacial score (nSPS) is 10.8. The molecule has 0 bridgehead atoms. The van der Waals surface area contributed by atoms with Crippen LogP contribution in [0.25, 0.3) is 0 Å². The minimum Gasteiger partial charge on any atom is -0.490 e. The van der Waals surface area contributed by atoms with Crippen molar-refractivity contribution in [1.82, 2.24) is 5.43 Å². The second-order valence-electron chi connectivity index (χ2n) is 9.11. The van der Waals surface area contributed by atoms with Crippen LogP contribution in [-0.4, -0.2) is 25.3 Å². The lowest BCUT2D eigenvalue weighted by Gasteiger charge is -2.15. The Balaban J connectivity index is 1.42. The third kappa shape index (κ3) is 8.72. The molecule has 41 heavy (non-hydrogen) atoms. The van der Waals surface area contributed by atoms with E-state index in [9.17, 15) is 4.79 Å². The molecule has 0 atom stereocenters. The van der Waals surface area contributed by atoms with Crippen LogP contribution in [-0.2, 0) is 13.2 Å². The van der Waals surface area contributed by atoms with E-state index in [1.54, 1.807) is 24.4 Å². The molecule has 0 spiro atoms. The Hall–Kier alpha value is -4.05. The van der Waals surface area contributed by atoms with Crippen molar-refractivity contribution in [1.29, 1.82) is 0 Å². The Bertz CT molecular complexity index is 1470. The van der Waals surface area contributed by atoms with E-state index in [4.69, 9.17) is 18.9 Å². The molecule has 212 valence electrons. The Kier molecular flexibility index (Phi) is 11.0. The van der Waals surface area contributed by atoms with Crippen LogP contribution in [0.1, 0.15) is 46.5 Å². The summed E-state index contributed by atoms with van der Waals surface area (Å²) in [6.45, 7) is 7.62. The third-order valence-corrected chi connectivity index (χ3v) is 6.76. The van der Waals surface area contributed by atoms with E-state index in [0.717, 1.165) is 20.3 Å². The van der Waals surface area contributed by atoms with Gasteiger partial charge in [0.05, 0.1) is 23.0 Å². The first kappa shape index (κ1) is 29.9. The molecule has 0 heterocycles. The van der Waals surface area contributed by atoms with Crippen molar-refractivity contribution in [3.63, 3.8) is 0 Å². The molecule has 0 fully saturated rings. The van der Waals surface area contributed by atoms with Gasteiger partial charge in [-0.15, -0.1) is 0 Å². The summed E-state index contributed by atoms with van der Waals surface area (Å²) in [6, 6.07) is 26.9. The van der Waals surface area contributed by atoms with Crippen molar-refractivity contribution in [2.24, 2.45) is 5.10 Å². The van der Waals surface area contributed by atoms with Gasteiger partial charge in [0.15, 0.2) is 23.0 Å². The molecular formula is C33H33IN2O5. The number of hydrogen-bond acceptors (Lipinski definition) is 6. The largest absolute Gasteiger partial charge is 0.490 e. The number of halogens is 1. The molecule has 0 saturated heterocycles. The molecule has 0 unspecified atom stereocenters. The zero-order chi connectivity index (χ0) is 29.0. The highest BCUT2D eigenvalue weighted by Crippen LogP contribution is 2.34. The van der Waals surface area contributed by atoms with Crippen molar-refractivity contribution in [3.05, 3.63) is 116 Å². The molecular weight excluding hydrogens is 631 g/mol. The lowest BCUT2D eigenvalue weighted by Crippen LogP contribution is -2.17. The first-order chi connectivity index (χ1) is 20.0. The number of hydrazone groups is 1. The molecule has 0 aromatic heterocycles. The summed E-state index contributed by atoms with van der Waals surface area (Å²) in [7, 11) is 0. The zero-order valence-electron chi connectivity index (χ0n) is 23.4. The fourth-order valence-corrected chi connectivity index (χ4v) is 4.69. The van der Waals surface area contributed by atoms with Crippen LogP contribution in [0.5, 0.6) is 23.0 Å². The number of ether oxygens (including phenoxy) is 4. The molecule has 0 radical (unpaired) electrons. The number of nitrogens with one attached hydrogen (secondary N) is 1. The van der Waals surface area contributed by atoms with Gasteiger partial charge in [0.1, 0.15) is 13.2 Å². The fraction of sp³-hybridized carbons (Fsp3) is 0.212. The number of benzene rings is 4. The van der Waals surface area contributed by atoms with Gasteiger partial charge in [-0.3, -0.25) is 4.79 Å². The lowest BCUT2D eigenvalue weighted by molar-refractivity contribution is 0.0954. The van der Waals surface area contributed by atoms with Gasteiger partial charge in [0, 0.05) is 5.56 Å². The molecule has 8 heteroatoms. The molecule has 4 aromatic carbocycles. The summed E-state index contributed by atoms with van der Waals surface area (Å²) in [5.74, 6) is 1.99. The molecule has 0 aliphatic carbocycles. The van der Waals surface area contributed by atoms with Crippen LogP contribution in [0, 0.1) is 10.5 Å². The van der Waals surface area contributed by atoms with Gasteiger partial charge >= 0.3 is 0 Å². The van der Waals surface area contributed by atoms with E-state index in [1.807, 2.05) is 56.3 Å². The van der Waals surface area contributed by atoms with Crippen molar-refractivity contribution < 1.29 is 23.7 Å². The summed E-state index contributed by atoms with van der Waals surface area (Å²) < 4.78 is 24.5. The second-order valence-corrected chi connectivity index (χ2v) is 10.3. The topological polar surface area (TPSA) is 78.4 Å². The first-order valence-corrected chi connectivity index (χ1v) is 14.5. The van der Waals surface area contributed by atoms with Gasteiger partial charge in [0.25, 0.3) is 5.91 Å². The molecule has 0 aliphatic rings. The van der Waals surface area contributed by atoms with Crippen LogP contribution in [0.2, 0.25) is 0 Å². The number of amides is 1. The van der Waals surface area contributed by atoms with Crippen LogP contribution in [0.3, 0.4) is 0 Å². The molecule has 1 amide bonds. The van der Waals surface area contributed by atoms with Gasteiger partial charge in [0.2, 0.25) is 0 Å². The maximum absolute atomic E-state index is 12.8. The van der Waals surface area contributed by atoms with Crippen molar-refractivity contribution in [2.45, 2.75) is 34.0 Å². The number of aryl methyl sites for hydroxylation is 1. The predicted molar refractivity (Wildman–Crippen MR) is 169 cm³/mol. The Morgan fingerprint density at radius 2 is 1.46 bits per heavy atom. The van der Waals surface area contributed by atoms with Gasteiger partial charge < -0.3 is 18.9 Å². The van der Waals surface area contributed by atoms with E-state index in [0.29, 0.717) is 55.0 Å². The van der Waals surface area contributed by atoms with Crippen LogP contribution >= 0.6 is 22.6 Å². The van der Waals surface area contributed by atoms with Gasteiger partial charge in [-0.2, -0.15) is 5.10 Å². The van der Waals surface area contributed by atoms with Gasteiger partial charge in [-0.25, -0.2) is 5.43 Å². The highest BCUT2D eigenvalue weighted by molar-refractivity contribution is 14.1. The number of carbonyl (C=O) groups is 1. The van der Waals surface area contributed by atoms with Gasteiger partial charge in [-0.05, 0) is 90.4 Å². The highest BCUT2D eigenvalue weighted by atomic mass is 127. The Morgan fingerprint density at radius 3 is 2.20 bits per heavy atom. The maximum Gasteiger partial charge on any atom is 0.271 e. The third-order valence-electron chi connectivity index (χ3n) is 5.96. The van der Waals surface area contributed by atoms with E-state index in [2.05, 4.69) is 64.3 Å². The smallest absolute Gasteiger partial charge is 0.271 e. The minimum atomic E-state index is -0.366. The van der Waals surface area contributed by atoms with Crippen molar-refractivity contribution in [3.8, 4) is 23.0 Å². The summed E-state index contributed by atoms with van der Waals surface area (Å²) in [5.41, 5.74) is 7.08. The summed E-state index contributed by atoms with van der Waals surface area (Å²) >= 11 is 2.22. The van der Waals surface area contributed by atoms with Crippen molar-refractivity contribution >= 4 is 34.7 Å². The van der Waals surface area contributed by atoms with E-state index < -0.39 is 0 Å². The molecule has 4 rings (SSSR count). The van der Waals surface area contributed by atoms with E-state index in [1.165, 1.54) is 5.56 Å².